The maximum atomic E-state index is 13.3. The van der Waals surface area contributed by atoms with Crippen molar-refractivity contribution < 1.29 is 14.4 Å². The lowest BCUT2D eigenvalue weighted by atomic mass is 9.63. The zero-order chi connectivity index (χ0) is 19.7. The number of para-hydroxylation sites is 1. The Kier molecular flexibility index (Phi) is 3.78. The van der Waals surface area contributed by atoms with Crippen LogP contribution in [0.2, 0.25) is 0 Å². The second-order valence-corrected chi connectivity index (χ2v) is 9.56. The highest BCUT2D eigenvalue weighted by Gasteiger charge is 2.67. The summed E-state index contributed by atoms with van der Waals surface area (Å²) >= 11 is 0. The van der Waals surface area contributed by atoms with E-state index < -0.39 is 0 Å². The lowest BCUT2D eigenvalue weighted by Crippen LogP contribution is -2.44. The third-order valence-corrected chi connectivity index (χ3v) is 8.17. The number of rotatable bonds is 3. The number of hydrogen-bond donors (Lipinski definition) is 1. The van der Waals surface area contributed by atoms with E-state index >= 15 is 0 Å². The van der Waals surface area contributed by atoms with Crippen LogP contribution in [0.15, 0.2) is 42.5 Å². The first-order valence-electron chi connectivity index (χ1n) is 11.0. The Morgan fingerprint density at radius 3 is 2.03 bits per heavy atom. The van der Waals surface area contributed by atoms with Gasteiger partial charge in [0.1, 0.15) is 0 Å². The van der Waals surface area contributed by atoms with Gasteiger partial charge in [-0.25, -0.2) is 0 Å². The van der Waals surface area contributed by atoms with Crippen LogP contribution in [-0.4, -0.2) is 28.7 Å². The van der Waals surface area contributed by atoms with Crippen molar-refractivity contribution in [3.63, 3.8) is 0 Å². The van der Waals surface area contributed by atoms with Gasteiger partial charge in [-0.3, -0.25) is 19.3 Å². The molecule has 1 saturated heterocycles. The largest absolute Gasteiger partial charge is 0.326 e. The molecule has 1 aliphatic heterocycles. The SMILES string of the molecule is O=C(Nc1ccccc1)C1CCC(N2C(=O)[C@H]3[C@@H]4C=C[C@@H]([C@H]5C[C@H]45)[C@@H]3C2=O)CC1. The summed E-state index contributed by atoms with van der Waals surface area (Å²) in [7, 11) is 0. The average molecular weight is 390 g/mol. The number of carbonyl (C=O) groups excluding carboxylic acids is 3. The number of nitrogens with one attached hydrogen (secondary N) is 1. The van der Waals surface area contributed by atoms with Gasteiger partial charge in [-0.2, -0.15) is 0 Å². The second kappa shape index (κ2) is 6.28. The average Bonchev–Trinajstić information content (AvgIpc) is 3.53. The lowest BCUT2D eigenvalue weighted by molar-refractivity contribution is -0.144. The quantitative estimate of drug-likeness (QED) is 0.636. The van der Waals surface area contributed by atoms with Gasteiger partial charge in [-0.1, -0.05) is 30.4 Å². The molecule has 0 unspecified atom stereocenters. The van der Waals surface area contributed by atoms with Crippen LogP contribution in [0.4, 0.5) is 5.69 Å². The highest BCUT2D eigenvalue weighted by atomic mass is 16.2. The molecule has 1 aromatic carbocycles. The van der Waals surface area contributed by atoms with E-state index in [0.717, 1.165) is 31.4 Å². The number of allylic oxidation sites excluding steroid dienone is 2. The van der Waals surface area contributed by atoms with Gasteiger partial charge >= 0.3 is 0 Å². The molecule has 150 valence electrons. The molecule has 1 aromatic rings. The van der Waals surface area contributed by atoms with E-state index in [4.69, 9.17) is 0 Å². The Balaban J connectivity index is 1.12. The standard InChI is InChI=1S/C24H26N2O3/c27-22(25-14-4-2-1-3-5-14)13-6-8-15(9-7-13)26-23(28)20-16-10-11-17(19-12-18(16)19)21(20)24(26)29/h1-5,10-11,13,15-21H,6-9,12H2,(H,25,27)/t13?,15?,16-,17+,18-,19-,20+,21+/m1/s1. The molecule has 0 radical (unpaired) electrons. The van der Waals surface area contributed by atoms with E-state index in [9.17, 15) is 14.4 Å². The van der Waals surface area contributed by atoms with Crippen LogP contribution in [-0.2, 0) is 14.4 Å². The Hall–Kier alpha value is -2.43. The molecule has 1 N–H and O–H groups in total. The van der Waals surface area contributed by atoms with Crippen LogP contribution in [0.1, 0.15) is 32.1 Å². The predicted octanol–water partition coefficient (Wildman–Crippen LogP) is 3.24. The Labute approximate surface area is 170 Å². The van der Waals surface area contributed by atoms with Gasteiger partial charge in [0.25, 0.3) is 0 Å². The van der Waals surface area contributed by atoms with Gasteiger partial charge in [0.2, 0.25) is 17.7 Å². The maximum Gasteiger partial charge on any atom is 0.233 e. The summed E-state index contributed by atoms with van der Waals surface area (Å²) < 4.78 is 0. The minimum atomic E-state index is -0.111. The molecular weight excluding hydrogens is 364 g/mol. The molecule has 1 heterocycles. The van der Waals surface area contributed by atoms with Crippen molar-refractivity contribution in [2.24, 2.45) is 41.4 Å². The molecule has 6 atom stereocenters. The smallest absolute Gasteiger partial charge is 0.233 e. The first-order valence-corrected chi connectivity index (χ1v) is 11.0. The van der Waals surface area contributed by atoms with Crippen LogP contribution in [0, 0.1) is 41.4 Å². The van der Waals surface area contributed by atoms with Crippen molar-refractivity contribution in [2.45, 2.75) is 38.1 Å². The second-order valence-electron chi connectivity index (χ2n) is 9.56. The molecule has 3 amide bonds. The van der Waals surface area contributed by atoms with Gasteiger partial charge < -0.3 is 5.32 Å². The molecule has 2 bridgehead atoms. The van der Waals surface area contributed by atoms with E-state index in [1.165, 1.54) is 6.42 Å². The van der Waals surface area contributed by atoms with Crippen LogP contribution in [0.25, 0.3) is 0 Å². The van der Waals surface area contributed by atoms with Gasteiger partial charge in [0, 0.05) is 17.6 Å². The van der Waals surface area contributed by atoms with Crippen LogP contribution < -0.4 is 5.32 Å². The number of anilines is 1. The van der Waals surface area contributed by atoms with Gasteiger partial charge in [0.05, 0.1) is 11.8 Å². The summed E-state index contributed by atoms with van der Waals surface area (Å²) in [5, 5.41) is 2.99. The molecule has 5 heteroatoms. The first-order chi connectivity index (χ1) is 14.1. The zero-order valence-electron chi connectivity index (χ0n) is 16.4. The number of benzene rings is 1. The van der Waals surface area contributed by atoms with Crippen molar-refractivity contribution in [1.29, 1.82) is 0 Å². The molecule has 5 nitrogen and oxygen atoms in total. The van der Waals surface area contributed by atoms with Crippen LogP contribution >= 0.6 is 0 Å². The van der Waals surface area contributed by atoms with Gasteiger partial charge in [-0.15, -0.1) is 0 Å². The summed E-state index contributed by atoms with van der Waals surface area (Å²) in [6.45, 7) is 0. The molecule has 4 fully saturated rings. The first kappa shape index (κ1) is 17.4. The Morgan fingerprint density at radius 2 is 1.45 bits per heavy atom. The summed E-state index contributed by atoms with van der Waals surface area (Å²) in [5.41, 5.74) is 0.815. The van der Waals surface area contributed by atoms with E-state index in [1.54, 1.807) is 4.90 Å². The van der Waals surface area contributed by atoms with E-state index in [2.05, 4.69) is 17.5 Å². The fraction of sp³-hybridized carbons (Fsp3) is 0.542. The minimum Gasteiger partial charge on any atom is -0.326 e. The van der Waals surface area contributed by atoms with E-state index in [1.807, 2.05) is 30.3 Å². The molecule has 0 spiro atoms. The highest BCUT2D eigenvalue weighted by Crippen LogP contribution is 2.65. The lowest BCUT2D eigenvalue weighted by Gasteiger charge is -2.37. The predicted molar refractivity (Wildman–Crippen MR) is 107 cm³/mol. The van der Waals surface area contributed by atoms with Crippen molar-refractivity contribution in [2.75, 3.05) is 5.32 Å². The monoisotopic (exact) mass is 390 g/mol. The third-order valence-electron chi connectivity index (χ3n) is 8.17. The normalized spacial score (nSPS) is 41.9. The fourth-order valence-corrected chi connectivity index (χ4v) is 6.70. The molecule has 0 aromatic heterocycles. The van der Waals surface area contributed by atoms with Crippen molar-refractivity contribution in [1.82, 2.24) is 4.90 Å². The summed E-state index contributed by atoms with van der Waals surface area (Å²) in [5.74, 6) is 1.76. The fourth-order valence-electron chi connectivity index (χ4n) is 6.70. The van der Waals surface area contributed by atoms with Crippen molar-refractivity contribution in [3.8, 4) is 0 Å². The topological polar surface area (TPSA) is 66.5 Å². The Morgan fingerprint density at radius 1 is 0.862 bits per heavy atom. The van der Waals surface area contributed by atoms with Crippen molar-refractivity contribution in [3.05, 3.63) is 42.5 Å². The van der Waals surface area contributed by atoms with E-state index in [0.29, 0.717) is 11.8 Å². The van der Waals surface area contributed by atoms with Crippen molar-refractivity contribution >= 4 is 23.4 Å². The summed E-state index contributed by atoms with van der Waals surface area (Å²) in [6, 6.07) is 9.48. The Bertz CT molecular complexity index is 866. The van der Waals surface area contributed by atoms with E-state index in [-0.39, 0.29) is 53.4 Å². The molecule has 29 heavy (non-hydrogen) atoms. The van der Waals surface area contributed by atoms with Gasteiger partial charge in [-0.05, 0) is 67.9 Å². The van der Waals surface area contributed by atoms with Crippen LogP contribution in [0.5, 0.6) is 0 Å². The zero-order valence-corrected chi connectivity index (χ0v) is 16.4. The number of imide groups is 1. The molecule has 6 aliphatic rings. The number of hydrogen-bond acceptors (Lipinski definition) is 3. The molecule has 7 rings (SSSR count). The minimum absolute atomic E-state index is 0.0305. The van der Waals surface area contributed by atoms with Crippen LogP contribution in [0.3, 0.4) is 0 Å². The summed E-state index contributed by atoms with van der Waals surface area (Å²) in [4.78, 5) is 40.7. The van der Waals surface area contributed by atoms with Gasteiger partial charge in [0.15, 0.2) is 0 Å². The summed E-state index contributed by atoms with van der Waals surface area (Å²) in [6.07, 6.45) is 8.56. The molecular formula is C24H26N2O3. The number of carbonyl (C=O) groups is 3. The molecule has 3 saturated carbocycles. The molecule has 5 aliphatic carbocycles. The number of amides is 3. The maximum absolute atomic E-state index is 13.3. The number of nitrogens with zero attached hydrogens (tertiary/aromatic N) is 1. The number of likely N-dealkylation sites (tertiary alicyclic amines) is 1. The third kappa shape index (κ3) is 2.55. The highest BCUT2D eigenvalue weighted by molar-refractivity contribution is 6.06.